The Morgan fingerprint density at radius 2 is 2.38 bits per heavy atom. The van der Waals surface area contributed by atoms with E-state index >= 15 is 0 Å². The average Bonchev–Trinajstić information content (AvgIpc) is 2.48. The van der Waals surface area contributed by atoms with Crippen LogP contribution in [0.1, 0.15) is 12.8 Å². The van der Waals surface area contributed by atoms with E-state index in [0.29, 0.717) is 5.96 Å². The molecule has 1 aliphatic rings. The smallest absolute Gasteiger partial charge is 0.249 e. The van der Waals surface area contributed by atoms with Crippen LogP contribution in [0, 0.1) is 0 Å². The van der Waals surface area contributed by atoms with Crippen LogP contribution in [0.25, 0.3) is 0 Å². The van der Waals surface area contributed by atoms with E-state index in [1.807, 2.05) is 0 Å². The molecule has 4 nitrogen and oxygen atoms in total. The second-order valence-electron chi connectivity index (χ2n) is 2.89. The molecule has 2 N–H and O–H groups in total. The van der Waals surface area contributed by atoms with Crippen molar-refractivity contribution in [3.8, 4) is 0 Å². The van der Waals surface area contributed by atoms with E-state index < -0.39 is 0 Å². The summed E-state index contributed by atoms with van der Waals surface area (Å²) in [5, 5.41) is 5.70. The van der Waals surface area contributed by atoms with Crippen LogP contribution in [-0.2, 0) is 4.79 Å². The molecule has 0 aromatic rings. The first-order chi connectivity index (χ1) is 6.27. The van der Waals surface area contributed by atoms with Gasteiger partial charge in [0, 0.05) is 7.05 Å². The quantitative estimate of drug-likeness (QED) is 0.639. The highest BCUT2D eigenvalue weighted by Gasteiger charge is 2.26. The summed E-state index contributed by atoms with van der Waals surface area (Å²) >= 11 is 1.80. The topological polar surface area (TPSA) is 53.5 Å². The Morgan fingerprint density at radius 3 is 2.92 bits per heavy atom. The zero-order valence-corrected chi connectivity index (χ0v) is 8.78. The van der Waals surface area contributed by atoms with E-state index in [9.17, 15) is 4.79 Å². The number of nitrogens with zero attached hydrogens (tertiary/aromatic N) is 1. The molecular formula is C8H15N3OS. The fourth-order valence-electron chi connectivity index (χ4n) is 1.23. The predicted octanol–water partition coefficient (Wildman–Crippen LogP) is 0.203. The van der Waals surface area contributed by atoms with Gasteiger partial charge in [0.05, 0.1) is 0 Å². The van der Waals surface area contributed by atoms with Gasteiger partial charge < -0.3 is 5.32 Å². The van der Waals surface area contributed by atoms with Crippen LogP contribution in [0.3, 0.4) is 0 Å². The van der Waals surface area contributed by atoms with Gasteiger partial charge in [0.25, 0.3) is 0 Å². The molecule has 1 rings (SSSR count). The number of aliphatic imine (C=N–C) groups is 1. The number of amides is 1. The number of hydrogen-bond acceptors (Lipinski definition) is 3. The minimum absolute atomic E-state index is 0.0432. The van der Waals surface area contributed by atoms with Crippen LogP contribution < -0.4 is 10.6 Å². The Bertz CT molecular complexity index is 217. The van der Waals surface area contributed by atoms with E-state index in [1.54, 1.807) is 18.8 Å². The highest BCUT2D eigenvalue weighted by molar-refractivity contribution is 7.98. The zero-order valence-electron chi connectivity index (χ0n) is 7.96. The Labute approximate surface area is 82.6 Å². The summed E-state index contributed by atoms with van der Waals surface area (Å²) in [6, 6.07) is -0.0779. The number of carbonyl (C=O) groups is 1. The van der Waals surface area contributed by atoms with Crippen molar-refractivity contribution in [1.29, 1.82) is 0 Å². The number of hydrogen-bond donors (Lipinski definition) is 2. The number of nitrogens with one attached hydrogen (secondary N) is 2. The minimum Gasteiger partial charge on any atom is -0.344 e. The minimum atomic E-state index is -0.0779. The number of rotatable bonds is 4. The number of guanidine groups is 1. The molecule has 1 saturated heterocycles. The molecule has 5 heteroatoms. The lowest BCUT2D eigenvalue weighted by Gasteiger charge is -2.05. The van der Waals surface area contributed by atoms with Crippen molar-refractivity contribution in [2.45, 2.75) is 18.9 Å². The number of carbonyl (C=O) groups excluding carboxylic acids is 1. The summed E-state index contributed by atoms with van der Waals surface area (Å²) in [5.74, 6) is 1.74. The first kappa shape index (κ1) is 10.4. The maximum absolute atomic E-state index is 11.3. The van der Waals surface area contributed by atoms with Crippen LogP contribution >= 0.6 is 11.8 Å². The van der Waals surface area contributed by atoms with E-state index in [1.165, 1.54) is 0 Å². The van der Waals surface area contributed by atoms with Crippen molar-refractivity contribution in [3.05, 3.63) is 0 Å². The first-order valence-electron chi connectivity index (χ1n) is 4.31. The average molecular weight is 201 g/mol. The number of thioether (sulfide) groups is 1. The van der Waals surface area contributed by atoms with Crippen molar-refractivity contribution in [2.75, 3.05) is 19.1 Å². The predicted molar refractivity (Wildman–Crippen MR) is 56.0 cm³/mol. The monoisotopic (exact) mass is 201 g/mol. The summed E-state index contributed by atoms with van der Waals surface area (Å²) in [6.45, 7) is 0. The van der Waals surface area contributed by atoms with Gasteiger partial charge in [0.1, 0.15) is 6.04 Å². The highest BCUT2D eigenvalue weighted by atomic mass is 32.2. The van der Waals surface area contributed by atoms with Gasteiger partial charge >= 0.3 is 0 Å². The third kappa shape index (κ3) is 2.91. The largest absolute Gasteiger partial charge is 0.344 e. The van der Waals surface area contributed by atoms with Gasteiger partial charge in [0.15, 0.2) is 5.96 Å². The lowest BCUT2D eigenvalue weighted by Crippen LogP contribution is -2.29. The fraction of sp³-hybridized carbons (Fsp3) is 0.750. The van der Waals surface area contributed by atoms with Gasteiger partial charge in [-0.15, -0.1) is 0 Å². The normalized spacial score (nSPS) is 24.6. The zero-order chi connectivity index (χ0) is 9.68. The first-order valence-corrected chi connectivity index (χ1v) is 5.70. The molecule has 0 aliphatic carbocycles. The molecule has 0 bridgehead atoms. The Hall–Kier alpha value is -0.710. The van der Waals surface area contributed by atoms with Gasteiger partial charge in [-0.05, 0) is 24.9 Å². The van der Waals surface area contributed by atoms with Crippen molar-refractivity contribution in [2.24, 2.45) is 4.99 Å². The molecule has 1 aliphatic heterocycles. The van der Waals surface area contributed by atoms with Crippen molar-refractivity contribution < 1.29 is 4.79 Å². The van der Waals surface area contributed by atoms with E-state index in [0.717, 1.165) is 18.6 Å². The summed E-state index contributed by atoms with van der Waals surface area (Å²) in [7, 11) is 1.66. The van der Waals surface area contributed by atoms with E-state index in [2.05, 4.69) is 21.9 Å². The highest BCUT2D eigenvalue weighted by Crippen LogP contribution is 2.05. The summed E-state index contributed by atoms with van der Waals surface area (Å²) in [4.78, 5) is 15.2. The molecule has 0 radical (unpaired) electrons. The molecule has 1 atom stereocenters. The maximum Gasteiger partial charge on any atom is 0.249 e. The van der Waals surface area contributed by atoms with Gasteiger partial charge in [-0.2, -0.15) is 11.8 Å². The lowest BCUT2D eigenvalue weighted by atomic mass is 10.2. The van der Waals surface area contributed by atoms with Gasteiger partial charge in [-0.1, -0.05) is 0 Å². The molecule has 0 aromatic carbocycles. The Kier molecular flexibility index (Phi) is 4.08. The molecule has 1 unspecified atom stereocenters. The second kappa shape index (κ2) is 5.11. The molecule has 1 amide bonds. The molecule has 13 heavy (non-hydrogen) atoms. The molecule has 0 aromatic heterocycles. The SMILES string of the molecule is CN=C1NC(=O)C(CCCSC)N1. The lowest BCUT2D eigenvalue weighted by molar-refractivity contribution is -0.120. The van der Waals surface area contributed by atoms with Crippen LogP contribution in [0.5, 0.6) is 0 Å². The van der Waals surface area contributed by atoms with Crippen LogP contribution in [0.15, 0.2) is 4.99 Å². The Balaban J connectivity index is 2.31. The van der Waals surface area contributed by atoms with E-state index in [4.69, 9.17) is 0 Å². The summed E-state index contributed by atoms with van der Waals surface area (Å²) in [6.07, 6.45) is 4.01. The van der Waals surface area contributed by atoms with Crippen molar-refractivity contribution in [1.82, 2.24) is 10.6 Å². The molecule has 1 heterocycles. The van der Waals surface area contributed by atoms with Crippen LogP contribution in [0.4, 0.5) is 0 Å². The van der Waals surface area contributed by atoms with E-state index in [-0.39, 0.29) is 11.9 Å². The standard InChI is InChI=1S/C8H15N3OS/c1-9-8-10-6(7(12)11-8)4-3-5-13-2/h6H,3-5H2,1-2H3,(H2,9,10,11,12). The third-order valence-corrected chi connectivity index (χ3v) is 2.63. The van der Waals surface area contributed by atoms with Gasteiger partial charge in [-0.3, -0.25) is 15.1 Å². The van der Waals surface area contributed by atoms with Crippen LogP contribution in [0.2, 0.25) is 0 Å². The summed E-state index contributed by atoms with van der Waals surface area (Å²) in [5.41, 5.74) is 0. The molecule has 74 valence electrons. The molecule has 1 fully saturated rings. The summed E-state index contributed by atoms with van der Waals surface area (Å²) < 4.78 is 0. The van der Waals surface area contributed by atoms with Crippen molar-refractivity contribution in [3.63, 3.8) is 0 Å². The third-order valence-electron chi connectivity index (χ3n) is 1.93. The fourth-order valence-corrected chi connectivity index (χ4v) is 1.68. The Morgan fingerprint density at radius 1 is 1.62 bits per heavy atom. The second-order valence-corrected chi connectivity index (χ2v) is 3.88. The van der Waals surface area contributed by atoms with Gasteiger partial charge in [-0.25, -0.2) is 0 Å². The molecule has 0 saturated carbocycles. The van der Waals surface area contributed by atoms with Gasteiger partial charge in [0.2, 0.25) is 5.91 Å². The molecule has 0 spiro atoms. The van der Waals surface area contributed by atoms with Crippen molar-refractivity contribution >= 4 is 23.6 Å². The van der Waals surface area contributed by atoms with Crippen LogP contribution in [-0.4, -0.2) is 37.0 Å². The maximum atomic E-state index is 11.3. The molecular weight excluding hydrogens is 186 g/mol.